The predicted molar refractivity (Wildman–Crippen MR) is 80.1 cm³/mol. The fourth-order valence-electron chi connectivity index (χ4n) is 2.85. The lowest BCUT2D eigenvalue weighted by Gasteiger charge is -2.46. The lowest BCUT2D eigenvalue weighted by Crippen LogP contribution is -2.58. The van der Waals surface area contributed by atoms with Gasteiger partial charge in [-0.05, 0) is 46.3 Å². The first-order valence-electron chi connectivity index (χ1n) is 7.27. The van der Waals surface area contributed by atoms with Crippen LogP contribution in [0.5, 0.6) is 0 Å². The number of piperazine rings is 1. The number of hydrogen-bond acceptors (Lipinski definition) is 3. The fourth-order valence-corrected chi connectivity index (χ4v) is 2.85. The summed E-state index contributed by atoms with van der Waals surface area (Å²) in [6, 6.07) is 0.597. The molecule has 0 aromatic rings. The zero-order valence-electron chi connectivity index (χ0n) is 13.5. The monoisotopic (exact) mass is 255 g/mol. The van der Waals surface area contributed by atoms with E-state index in [1.54, 1.807) is 0 Å². The summed E-state index contributed by atoms with van der Waals surface area (Å²) >= 11 is 0. The third-order valence-corrected chi connectivity index (χ3v) is 4.52. The van der Waals surface area contributed by atoms with Gasteiger partial charge in [-0.2, -0.15) is 0 Å². The lowest BCUT2D eigenvalue weighted by molar-refractivity contribution is 0.0361. The first-order chi connectivity index (χ1) is 8.16. The summed E-state index contributed by atoms with van der Waals surface area (Å²) in [4.78, 5) is 5.10. The van der Waals surface area contributed by atoms with Gasteiger partial charge in [-0.25, -0.2) is 0 Å². The van der Waals surface area contributed by atoms with Crippen LogP contribution in [0.15, 0.2) is 0 Å². The topological polar surface area (TPSA) is 18.5 Å². The molecule has 3 nitrogen and oxygen atoms in total. The molecule has 0 aromatic heterocycles. The largest absolute Gasteiger partial charge is 0.316 e. The third-order valence-electron chi connectivity index (χ3n) is 4.52. The Kier molecular flexibility index (Phi) is 5.22. The number of hydrogen-bond donors (Lipinski definition) is 1. The summed E-state index contributed by atoms with van der Waals surface area (Å²) < 4.78 is 0. The van der Waals surface area contributed by atoms with E-state index in [2.05, 4.69) is 63.8 Å². The van der Waals surface area contributed by atoms with E-state index in [9.17, 15) is 0 Å². The molecule has 1 fully saturated rings. The molecule has 3 heteroatoms. The summed E-state index contributed by atoms with van der Waals surface area (Å²) in [7, 11) is 4.33. The van der Waals surface area contributed by atoms with E-state index >= 15 is 0 Å². The minimum atomic E-state index is 0.315. The molecule has 0 amide bonds. The Labute approximate surface area is 114 Å². The molecule has 0 bridgehead atoms. The number of nitrogens with zero attached hydrogens (tertiary/aromatic N) is 2. The number of rotatable bonds is 4. The van der Waals surface area contributed by atoms with Gasteiger partial charge in [-0.3, -0.25) is 4.90 Å². The lowest BCUT2D eigenvalue weighted by atomic mass is 9.84. The number of nitrogens with one attached hydrogen (secondary N) is 1. The minimum absolute atomic E-state index is 0.315. The molecule has 1 N–H and O–H groups in total. The molecule has 0 spiro atoms. The van der Waals surface area contributed by atoms with E-state index in [1.807, 2.05) is 0 Å². The minimum Gasteiger partial charge on any atom is -0.316 e. The van der Waals surface area contributed by atoms with Crippen LogP contribution in [0.3, 0.4) is 0 Å². The van der Waals surface area contributed by atoms with Gasteiger partial charge in [0.15, 0.2) is 0 Å². The van der Waals surface area contributed by atoms with Gasteiger partial charge in [0.25, 0.3) is 0 Å². The molecule has 1 unspecified atom stereocenters. The average molecular weight is 255 g/mol. The molecule has 18 heavy (non-hydrogen) atoms. The van der Waals surface area contributed by atoms with E-state index in [1.165, 1.54) is 32.6 Å². The van der Waals surface area contributed by atoms with Crippen molar-refractivity contribution < 1.29 is 0 Å². The van der Waals surface area contributed by atoms with E-state index in [0.29, 0.717) is 17.0 Å². The van der Waals surface area contributed by atoms with Crippen molar-refractivity contribution in [2.45, 2.75) is 52.6 Å². The molecule has 1 aliphatic heterocycles. The highest BCUT2D eigenvalue weighted by atomic mass is 15.3. The van der Waals surface area contributed by atoms with Crippen molar-refractivity contribution >= 4 is 0 Å². The molecule has 0 aromatic carbocycles. The normalized spacial score (nSPS) is 24.2. The highest BCUT2D eigenvalue weighted by Gasteiger charge is 2.31. The van der Waals surface area contributed by atoms with E-state index in [0.717, 1.165) is 0 Å². The molecule has 1 heterocycles. The van der Waals surface area contributed by atoms with Crippen LogP contribution in [-0.2, 0) is 0 Å². The Balaban J connectivity index is 2.45. The van der Waals surface area contributed by atoms with Gasteiger partial charge >= 0.3 is 0 Å². The Hall–Kier alpha value is -0.120. The standard InChI is InChI=1S/C15H33N3/c1-14(2,3)13(16-6)8-9-18-11-10-17(7)15(4,5)12-18/h13,16H,8-12H2,1-7H3. The summed E-state index contributed by atoms with van der Waals surface area (Å²) in [6.07, 6.45) is 1.24. The van der Waals surface area contributed by atoms with Gasteiger partial charge in [-0.15, -0.1) is 0 Å². The molecule has 0 radical (unpaired) electrons. The summed E-state index contributed by atoms with van der Waals surface area (Å²) in [5.74, 6) is 0. The maximum absolute atomic E-state index is 3.47. The van der Waals surface area contributed by atoms with Crippen molar-refractivity contribution in [3.05, 3.63) is 0 Å². The van der Waals surface area contributed by atoms with Crippen LogP contribution in [0.2, 0.25) is 0 Å². The second kappa shape index (κ2) is 5.89. The van der Waals surface area contributed by atoms with Crippen molar-refractivity contribution in [3.8, 4) is 0 Å². The zero-order chi connectivity index (χ0) is 14.0. The van der Waals surface area contributed by atoms with E-state index < -0.39 is 0 Å². The van der Waals surface area contributed by atoms with Gasteiger partial charge in [0.05, 0.1) is 0 Å². The van der Waals surface area contributed by atoms with Crippen molar-refractivity contribution in [2.24, 2.45) is 5.41 Å². The third kappa shape index (κ3) is 4.22. The van der Waals surface area contributed by atoms with Crippen LogP contribution in [0.1, 0.15) is 41.0 Å². The van der Waals surface area contributed by atoms with Crippen molar-refractivity contribution in [1.29, 1.82) is 0 Å². The van der Waals surface area contributed by atoms with Crippen LogP contribution < -0.4 is 5.32 Å². The van der Waals surface area contributed by atoms with Crippen molar-refractivity contribution in [3.63, 3.8) is 0 Å². The fraction of sp³-hybridized carbons (Fsp3) is 1.00. The smallest absolute Gasteiger partial charge is 0.0277 e. The highest BCUT2D eigenvalue weighted by Crippen LogP contribution is 2.23. The first kappa shape index (κ1) is 15.9. The molecular weight excluding hydrogens is 222 g/mol. The van der Waals surface area contributed by atoms with E-state index in [-0.39, 0.29) is 0 Å². The van der Waals surface area contributed by atoms with E-state index in [4.69, 9.17) is 0 Å². The molecular formula is C15H33N3. The van der Waals surface area contributed by atoms with Gasteiger partial charge in [0.1, 0.15) is 0 Å². The maximum atomic E-state index is 3.47. The number of likely N-dealkylation sites (N-methyl/N-ethyl adjacent to an activating group) is 1. The van der Waals surface area contributed by atoms with Gasteiger partial charge in [0.2, 0.25) is 0 Å². The summed E-state index contributed by atoms with van der Waals surface area (Å²) in [5.41, 5.74) is 0.659. The van der Waals surface area contributed by atoms with Gasteiger partial charge < -0.3 is 10.2 Å². The Morgan fingerprint density at radius 3 is 2.28 bits per heavy atom. The van der Waals surface area contributed by atoms with Crippen LogP contribution >= 0.6 is 0 Å². The quantitative estimate of drug-likeness (QED) is 0.829. The van der Waals surface area contributed by atoms with Crippen LogP contribution in [0, 0.1) is 5.41 Å². The van der Waals surface area contributed by atoms with Crippen LogP contribution in [0.4, 0.5) is 0 Å². The molecule has 0 aliphatic carbocycles. The average Bonchev–Trinajstić information content (AvgIpc) is 2.22. The zero-order valence-corrected chi connectivity index (χ0v) is 13.5. The molecule has 0 saturated carbocycles. The molecule has 108 valence electrons. The van der Waals surface area contributed by atoms with Crippen molar-refractivity contribution in [2.75, 3.05) is 40.3 Å². The molecule has 1 saturated heterocycles. The maximum Gasteiger partial charge on any atom is 0.0277 e. The Morgan fingerprint density at radius 1 is 1.22 bits per heavy atom. The summed E-state index contributed by atoms with van der Waals surface area (Å²) in [5, 5.41) is 3.47. The van der Waals surface area contributed by atoms with Gasteiger partial charge in [0, 0.05) is 31.2 Å². The Bertz CT molecular complexity index is 255. The molecule has 1 aliphatic rings. The Morgan fingerprint density at radius 2 is 1.83 bits per heavy atom. The molecule has 1 rings (SSSR count). The van der Waals surface area contributed by atoms with Crippen LogP contribution in [0.25, 0.3) is 0 Å². The van der Waals surface area contributed by atoms with Gasteiger partial charge in [-0.1, -0.05) is 20.8 Å². The summed E-state index contributed by atoms with van der Waals surface area (Å²) in [6.45, 7) is 16.4. The van der Waals surface area contributed by atoms with Crippen molar-refractivity contribution in [1.82, 2.24) is 15.1 Å². The van der Waals surface area contributed by atoms with Crippen LogP contribution in [-0.4, -0.2) is 61.7 Å². The SMILES string of the molecule is CNC(CCN1CCN(C)C(C)(C)C1)C(C)(C)C. The second-order valence-corrected chi connectivity index (χ2v) is 7.51. The highest BCUT2D eigenvalue weighted by molar-refractivity contribution is 4.89. The second-order valence-electron chi connectivity index (χ2n) is 7.51. The molecule has 1 atom stereocenters. The predicted octanol–water partition coefficient (Wildman–Crippen LogP) is 2.04. The first-order valence-corrected chi connectivity index (χ1v) is 7.27.